The van der Waals surface area contributed by atoms with Crippen LogP contribution in [0.2, 0.25) is 0 Å². The summed E-state index contributed by atoms with van der Waals surface area (Å²) in [4.78, 5) is 42.3. The molecule has 0 saturated carbocycles. The largest absolute Gasteiger partial charge is 0.416 e. The average molecular weight is 479 g/mol. The third-order valence-corrected chi connectivity index (χ3v) is 6.28. The Morgan fingerprint density at radius 3 is 2.37 bits per heavy atom. The summed E-state index contributed by atoms with van der Waals surface area (Å²) in [6.07, 6.45) is -4.49. The number of alkyl halides is 3. The van der Waals surface area contributed by atoms with Crippen LogP contribution in [0.3, 0.4) is 0 Å². The van der Waals surface area contributed by atoms with Gasteiger partial charge in [0.25, 0.3) is 11.8 Å². The molecule has 1 fully saturated rings. The Labute approximate surface area is 199 Å². The lowest BCUT2D eigenvalue weighted by Gasteiger charge is -2.39. The fourth-order valence-electron chi connectivity index (χ4n) is 4.45. The maximum absolute atomic E-state index is 13.4. The van der Waals surface area contributed by atoms with Gasteiger partial charge in [-0.25, -0.2) is 0 Å². The van der Waals surface area contributed by atoms with Crippen molar-refractivity contribution >= 4 is 23.4 Å². The number of piperazine rings is 1. The number of rotatable bonds is 2. The van der Waals surface area contributed by atoms with E-state index in [0.29, 0.717) is 16.7 Å². The molecular formula is C26H20F3N3O3. The monoisotopic (exact) mass is 479 g/mol. The molecule has 3 aromatic carbocycles. The van der Waals surface area contributed by atoms with E-state index < -0.39 is 29.6 Å². The van der Waals surface area contributed by atoms with Gasteiger partial charge in [-0.1, -0.05) is 36.4 Å². The summed E-state index contributed by atoms with van der Waals surface area (Å²) in [5, 5.41) is 2.75. The van der Waals surface area contributed by atoms with Crippen molar-refractivity contribution in [3.8, 4) is 11.1 Å². The lowest BCUT2D eigenvalue weighted by Crippen LogP contribution is -2.59. The van der Waals surface area contributed by atoms with Crippen molar-refractivity contribution in [2.45, 2.75) is 12.2 Å². The molecule has 2 aliphatic rings. The van der Waals surface area contributed by atoms with Crippen LogP contribution in [0.4, 0.5) is 18.9 Å². The molecule has 0 bridgehead atoms. The molecule has 1 N–H and O–H groups in total. The fourth-order valence-corrected chi connectivity index (χ4v) is 4.45. The minimum atomic E-state index is -4.49. The van der Waals surface area contributed by atoms with E-state index in [1.807, 2.05) is 0 Å². The second-order valence-corrected chi connectivity index (χ2v) is 8.46. The zero-order valence-corrected chi connectivity index (χ0v) is 18.4. The smallest absolute Gasteiger partial charge is 0.334 e. The van der Waals surface area contributed by atoms with Crippen molar-refractivity contribution in [2.24, 2.45) is 0 Å². The average Bonchev–Trinajstić information content (AvgIpc) is 2.97. The van der Waals surface area contributed by atoms with Crippen molar-refractivity contribution in [2.75, 3.05) is 25.0 Å². The molecule has 1 unspecified atom stereocenters. The van der Waals surface area contributed by atoms with Gasteiger partial charge in [-0.05, 0) is 47.5 Å². The minimum Gasteiger partial charge on any atom is -0.334 e. The van der Waals surface area contributed by atoms with Gasteiger partial charge in [0.2, 0.25) is 5.91 Å². The summed E-state index contributed by atoms with van der Waals surface area (Å²) in [5.41, 5.74) is 0.915. The van der Waals surface area contributed by atoms with E-state index in [2.05, 4.69) is 5.32 Å². The van der Waals surface area contributed by atoms with Crippen LogP contribution in [0.1, 0.15) is 26.3 Å². The number of halogens is 3. The molecule has 9 heteroatoms. The van der Waals surface area contributed by atoms with E-state index in [1.54, 1.807) is 41.3 Å². The molecule has 1 saturated heterocycles. The molecular weight excluding hydrogens is 459 g/mol. The topological polar surface area (TPSA) is 69.7 Å². The summed E-state index contributed by atoms with van der Waals surface area (Å²) in [6, 6.07) is 17.3. The first-order chi connectivity index (χ1) is 16.7. The Bertz CT molecular complexity index is 1320. The second-order valence-electron chi connectivity index (χ2n) is 8.46. The third-order valence-electron chi connectivity index (χ3n) is 6.28. The van der Waals surface area contributed by atoms with Crippen LogP contribution in [-0.4, -0.2) is 53.2 Å². The van der Waals surface area contributed by atoms with Gasteiger partial charge in [0.05, 0.1) is 23.4 Å². The number of benzene rings is 3. The molecule has 3 aromatic rings. The van der Waals surface area contributed by atoms with Gasteiger partial charge in [-0.15, -0.1) is 0 Å². The Balaban J connectivity index is 1.43. The molecule has 35 heavy (non-hydrogen) atoms. The van der Waals surface area contributed by atoms with Gasteiger partial charge < -0.3 is 15.1 Å². The maximum Gasteiger partial charge on any atom is 0.416 e. The molecule has 0 aliphatic carbocycles. The lowest BCUT2D eigenvalue weighted by molar-refractivity contribution is -0.137. The van der Waals surface area contributed by atoms with E-state index >= 15 is 0 Å². The summed E-state index contributed by atoms with van der Waals surface area (Å²) in [6.45, 7) is 0.453. The Hall–Kier alpha value is -4.14. The van der Waals surface area contributed by atoms with Crippen LogP contribution >= 0.6 is 0 Å². The SMILES string of the molecule is O=C1Nc2ccc(-c3cccc(C(F)(F)F)c3)cc2C(=O)N2CCN(C(=O)c3ccccc3)CC12. The molecule has 2 heterocycles. The summed E-state index contributed by atoms with van der Waals surface area (Å²) in [5.74, 6) is -1.06. The summed E-state index contributed by atoms with van der Waals surface area (Å²) in [7, 11) is 0. The van der Waals surface area contributed by atoms with Crippen LogP contribution in [0.25, 0.3) is 11.1 Å². The van der Waals surface area contributed by atoms with Crippen LogP contribution in [-0.2, 0) is 11.0 Å². The molecule has 0 radical (unpaired) electrons. The number of fused-ring (bicyclic) bond motifs is 2. The number of carbonyl (C=O) groups excluding carboxylic acids is 3. The third kappa shape index (κ3) is 4.25. The first-order valence-electron chi connectivity index (χ1n) is 11.0. The number of hydrogen-bond donors (Lipinski definition) is 1. The van der Waals surface area contributed by atoms with Crippen molar-refractivity contribution in [3.05, 3.63) is 89.5 Å². The van der Waals surface area contributed by atoms with Crippen molar-refractivity contribution < 1.29 is 27.6 Å². The van der Waals surface area contributed by atoms with Crippen LogP contribution in [0, 0.1) is 0 Å². The molecule has 178 valence electrons. The van der Waals surface area contributed by atoms with E-state index in [0.717, 1.165) is 12.1 Å². The van der Waals surface area contributed by atoms with Gasteiger partial charge in [0, 0.05) is 18.7 Å². The van der Waals surface area contributed by atoms with Crippen LogP contribution in [0.15, 0.2) is 72.8 Å². The number of hydrogen-bond acceptors (Lipinski definition) is 3. The fraction of sp³-hybridized carbons (Fsp3) is 0.192. The Morgan fingerprint density at radius 1 is 0.886 bits per heavy atom. The van der Waals surface area contributed by atoms with Gasteiger partial charge in [-0.2, -0.15) is 13.2 Å². The van der Waals surface area contributed by atoms with Crippen molar-refractivity contribution in [1.29, 1.82) is 0 Å². The molecule has 2 aliphatic heterocycles. The van der Waals surface area contributed by atoms with Gasteiger partial charge in [0.15, 0.2) is 0 Å². The summed E-state index contributed by atoms with van der Waals surface area (Å²) < 4.78 is 39.5. The lowest BCUT2D eigenvalue weighted by atomic mass is 9.99. The zero-order valence-electron chi connectivity index (χ0n) is 18.4. The number of nitrogens with one attached hydrogen (secondary N) is 1. The van der Waals surface area contributed by atoms with E-state index in [9.17, 15) is 27.6 Å². The standard InChI is InChI=1S/C26H20F3N3O3/c27-26(28,29)19-8-4-7-17(13-19)18-9-10-21-20(14-18)25(35)32-12-11-31(15-22(32)23(33)30-21)24(34)16-5-2-1-3-6-16/h1-10,13-14,22H,11-12,15H2,(H,30,33). The van der Waals surface area contributed by atoms with E-state index in [4.69, 9.17) is 0 Å². The highest BCUT2D eigenvalue weighted by molar-refractivity contribution is 6.11. The first-order valence-corrected chi connectivity index (χ1v) is 11.0. The molecule has 0 spiro atoms. The van der Waals surface area contributed by atoms with Crippen molar-refractivity contribution in [1.82, 2.24) is 9.80 Å². The molecule has 0 aromatic heterocycles. The predicted molar refractivity (Wildman–Crippen MR) is 123 cm³/mol. The highest BCUT2D eigenvalue weighted by Crippen LogP contribution is 2.34. The molecule has 3 amide bonds. The first kappa shape index (κ1) is 22.6. The Morgan fingerprint density at radius 2 is 1.63 bits per heavy atom. The zero-order chi connectivity index (χ0) is 24.7. The van der Waals surface area contributed by atoms with Crippen LogP contribution < -0.4 is 5.32 Å². The van der Waals surface area contributed by atoms with Gasteiger partial charge in [0.1, 0.15) is 6.04 Å². The second kappa shape index (κ2) is 8.57. The highest BCUT2D eigenvalue weighted by Gasteiger charge is 2.40. The predicted octanol–water partition coefficient (Wildman–Crippen LogP) is 4.29. The number of anilines is 1. The number of amides is 3. The number of carbonyl (C=O) groups is 3. The van der Waals surface area contributed by atoms with Gasteiger partial charge in [-0.3, -0.25) is 14.4 Å². The van der Waals surface area contributed by atoms with E-state index in [1.165, 1.54) is 29.2 Å². The molecule has 1 atom stereocenters. The van der Waals surface area contributed by atoms with Gasteiger partial charge >= 0.3 is 6.18 Å². The molecule has 6 nitrogen and oxygen atoms in total. The Kier molecular flexibility index (Phi) is 5.55. The minimum absolute atomic E-state index is 0.0414. The summed E-state index contributed by atoms with van der Waals surface area (Å²) >= 11 is 0. The van der Waals surface area contributed by atoms with Crippen molar-refractivity contribution in [3.63, 3.8) is 0 Å². The normalized spacial score (nSPS) is 17.9. The van der Waals surface area contributed by atoms with E-state index in [-0.39, 0.29) is 36.8 Å². The number of nitrogens with zero attached hydrogens (tertiary/aromatic N) is 2. The van der Waals surface area contributed by atoms with Crippen LogP contribution in [0.5, 0.6) is 0 Å². The molecule has 5 rings (SSSR count). The highest BCUT2D eigenvalue weighted by atomic mass is 19.4. The quantitative estimate of drug-likeness (QED) is 0.596. The maximum atomic E-state index is 13.4.